The first kappa shape index (κ1) is 28.8. The summed E-state index contributed by atoms with van der Waals surface area (Å²) in [5, 5.41) is 5.32. The second-order valence-electron chi connectivity index (χ2n) is 6.31. The predicted octanol–water partition coefficient (Wildman–Crippen LogP) is 0.697. The van der Waals surface area contributed by atoms with Gasteiger partial charge in [-0.2, -0.15) is 35.0 Å². The van der Waals surface area contributed by atoms with Crippen LogP contribution in [0.5, 0.6) is 0 Å². The van der Waals surface area contributed by atoms with Gasteiger partial charge in [0.25, 0.3) is 0 Å². The molecule has 0 saturated heterocycles. The van der Waals surface area contributed by atoms with Gasteiger partial charge in [-0.15, -0.1) is 59.3 Å². The summed E-state index contributed by atoms with van der Waals surface area (Å²) in [6, 6.07) is 29.3. The van der Waals surface area contributed by atoms with Crippen molar-refractivity contribution >= 4 is 38.2 Å². The van der Waals surface area contributed by atoms with Crippen LogP contribution in [0.4, 0.5) is 0 Å². The van der Waals surface area contributed by atoms with Gasteiger partial charge in [0.15, 0.2) is 0 Å². The molecule has 4 aromatic carbocycles. The largest absolute Gasteiger partial charge is 4.00 e. The van der Waals surface area contributed by atoms with Crippen molar-refractivity contribution < 1.29 is 50.7 Å². The fraction of sp³-hybridized carbons (Fsp3) is 0.182. The number of benzene rings is 2. The SMILES string of the molecule is C[Si](C)[Si](C)C.[Cl-].[Cl-].[Hf+4].c1ccc2[cH-]ccc2c1.c1ccc2[cH-]ccc2c1. The Morgan fingerprint density at radius 1 is 0.556 bits per heavy atom. The van der Waals surface area contributed by atoms with E-state index in [9.17, 15) is 0 Å². The van der Waals surface area contributed by atoms with E-state index in [0.717, 1.165) is 0 Å². The van der Waals surface area contributed by atoms with E-state index < -0.39 is 0 Å². The third kappa shape index (κ3) is 10.0. The van der Waals surface area contributed by atoms with E-state index in [-0.39, 0.29) is 67.3 Å². The molecule has 4 aromatic rings. The van der Waals surface area contributed by atoms with Crippen LogP contribution < -0.4 is 24.8 Å². The first-order valence-electron chi connectivity index (χ1n) is 8.39. The van der Waals surface area contributed by atoms with Crippen molar-refractivity contribution in [3.05, 3.63) is 84.9 Å². The van der Waals surface area contributed by atoms with Gasteiger partial charge in [0.2, 0.25) is 0 Å². The van der Waals surface area contributed by atoms with Crippen molar-refractivity contribution in [1.82, 2.24) is 0 Å². The van der Waals surface area contributed by atoms with Gasteiger partial charge in [-0.3, -0.25) is 0 Å². The van der Waals surface area contributed by atoms with Gasteiger partial charge in [-0.25, -0.2) is 0 Å². The van der Waals surface area contributed by atoms with Gasteiger partial charge in [0.1, 0.15) is 0 Å². The number of rotatable bonds is 1. The predicted molar refractivity (Wildman–Crippen MR) is 114 cm³/mol. The number of hydrogen-bond acceptors (Lipinski definition) is 0. The van der Waals surface area contributed by atoms with Gasteiger partial charge >= 0.3 is 25.8 Å². The van der Waals surface area contributed by atoms with Crippen LogP contribution in [-0.2, 0) is 25.8 Å². The maximum Gasteiger partial charge on any atom is 4.00 e. The third-order valence-electron chi connectivity index (χ3n) is 4.10. The Balaban J connectivity index is 0. The molecule has 0 heterocycles. The van der Waals surface area contributed by atoms with Crippen LogP contribution in [0.1, 0.15) is 0 Å². The summed E-state index contributed by atoms with van der Waals surface area (Å²) in [7, 11) is 0.300. The Morgan fingerprint density at radius 3 is 1.19 bits per heavy atom. The van der Waals surface area contributed by atoms with Gasteiger partial charge in [-0.05, 0) is 0 Å². The second kappa shape index (κ2) is 15.5. The van der Waals surface area contributed by atoms with Gasteiger partial charge in [-0.1, -0.05) is 38.3 Å². The molecule has 4 rings (SSSR count). The summed E-state index contributed by atoms with van der Waals surface area (Å²) in [5.74, 6) is 0. The first-order valence-corrected chi connectivity index (χ1v) is 14.4. The van der Waals surface area contributed by atoms with Crippen LogP contribution in [0.2, 0.25) is 26.2 Å². The minimum Gasteiger partial charge on any atom is -1.00 e. The molecule has 27 heavy (non-hydrogen) atoms. The molecular weight excluding hydrogens is 570 g/mol. The molecular formula is C22H26Cl2HfSi2. The zero-order valence-electron chi connectivity index (χ0n) is 16.3. The zero-order valence-corrected chi connectivity index (χ0v) is 23.4. The van der Waals surface area contributed by atoms with Gasteiger partial charge < -0.3 is 24.8 Å². The summed E-state index contributed by atoms with van der Waals surface area (Å²) in [6.07, 6.45) is 0. The van der Waals surface area contributed by atoms with Crippen LogP contribution in [0.15, 0.2) is 84.9 Å². The molecule has 0 amide bonds. The van der Waals surface area contributed by atoms with Crippen molar-refractivity contribution in [3.63, 3.8) is 0 Å². The Morgan fingerprint density at radius 2 is 0.889 bits per heavy atom. The Bertz CT molecular complexity index is 721. The molecule has 0 aliphatic rings. The minimum atomic E-state index is 0. The van der Waals surface area contributed by atoms with Crippen LogP contribution in [0.3, 0.4) is 0 Å². The second-order valence-corrected chi connectivity index (χ2v) is 16.3. The van der Waals surface area contributed by atoms with E-state index >= 15 is 0 Å². The van der Waals surface area contributed by atoms with Gasteiger partial charge in [0, 0.05) is 16.6 Å². The van der Waals surface area contributed by atoms with Crippen molar-refractivity contribution in [2.75, 3.05) is 0 Å². The van der Waals surface area contributed by atoms with Crippen molar-refractivity contribution in [1.29, 1.82) is 0 Å². The molecule has 0 aliphatic carbocycles. The number of fused-ring (bicyclic) bond motifs is 2. The smallest absolute Gasteiger partial charge is 1.00 e. The topological polar surface area (TPSA) is 0 Å². The zero-order chi connectivity index (χ0) is 17.4. The molecule has 0 aromatic heterocycles. The quantitative estimate of drug-likeness (QED) is 0.225. The van der Waals surface area contributed by atoms with E-state index in [2.05, 4.69) is 111 Å². The van der Waals surface area contributed by atoms with E-state index in [1.165, 1.54) is 21.5 Å². The molecule has 0 N–H and O–H groups in total. The molecule has 0 saturated carbocycles. The maximum atomic E-state index is 2.39. The van der Waals surface area contributed by atoms with Crippen molar-refractivity contribution in [2.24, 2.45) is 0 Å². The van der Waals surface area contributed by atoms with Crippen LogP contribution in [0, 0.1) is 0 Å². The maximum absolute atomic E-state index is 2.39. The molecule has 0 aliphatic heterocycles. The van der Waals surface area contributed by atoms with Crippen molar-refractivity contribution in [2.45, 2.75) is 26.2 Å². The molecule has 0 bridgehead atoms. The van der Waals surface area contributed by atoms with E-state index in [0.29, 0.717) is 0 Å². The van der Waals surface area contributed by atoms with E-state index in [1.54, 1.807) is 0 Å². The Hall–Kier alpha value is -0.456. The molecule has 0 atom stereocenters. The van der Waals surface area contributed by atoms with E-state index in [4.69, 9.17) is 0 Å². The first-order chi connectivity index (χ1) is 11.6. The average Bonchev–Trinajstić information content (AvgIpc) is 3.24. The summed E-state index contributed by atoms with van der Waals surface area (Å²) < 4.78 is 0. The van der Waals surface area contributed by atoms with Crippen molar-refractivity contribution in [3.8, 4) is 0 Å². The molecule has 2 radical (unpaired) electrons. The standard InChI is InChI=1S/2C9H7.C4H12Si2.2ClH.Hf/c2*1-2-5-9-7-3-6-8(9)4-1;1-5(2)6(3)4;;;/h2*1-7H;1-4H3;2*1H;/q2*-1;;;;+4/p-2. The third-order valence-corrected chi connectivity index (χ3v) is 12.1. The van der Waals surface area contributed by atoms with Gasteiger partial charge in [0.05, 0.1) is 0 Å². The number of hydrogen-bond donors (Lipinski definition) is 0. The molecule has 140 valence electrons. The normalized spacial score (nSPS) is 9.26. The monoisotopic (exact) mass is 596 g/mol. The Labute approximate surface area is 198 Å². The van der Waals surface area contributed by atoms with E-state index in [1.807, 2.05) is 0 Å². The fourth-order valence-electron chi connectivity index (χ4n) is 2.14. The number of halogens is 2. The van der Waals surface area contributed by atoms with Crippen LogP contribution in [0.25, 0.3) is 21.5 Å². The molecule has 0 fully saturated rings. The summed E-state index contributed by atoms with van der Waals surface area (Å²) in [4.78, 5) is 0. The average molecular weight is 596 g/mol. The summed E-state index contributed by atoms with van der Waals surface area (Å²) in [6.45, 7) is 9.55. The summed E-state index contributed by atoms with van der Waals surface area (Å²) in [5.41, 5.74) is 0. The molecule has 0 unspecified atom stereocenters. The minimum absolute atomic E-state index is 0. The summed E-state index contributed by atoms with van der Waals surface area (Å²) >= 11 is 0. The fourth-order valence-corrected chi connectivity index (χ4v) is 2.14. The molecule has 0 spiro atoms. The molecule has 5 heteroatoms. The molecule has 0 nitrogen and oxygen atoms in total. The van der Waals surface area contributed by atoms with Crippen LogP contribution >= 0.6 is 0 Å². The van der Waals surface area contributed by atoms with Crippen LogP contribution in [-0.4, -0.2) is 16.6 Å². The Kier molecular flexibility index (Phi) is 16.5.